The highest BCUT2D eigenvalue weighted by Crippen LogP contribution is 2.25. The number of nitrogens with one attached hydrogen (secondary N) is 1. The number of carbonyl (C=O) groups is 1. The fourth-order valence-corrected chi connectivity index (χ4v) is 3.64. The van der Waals surface area contributed by atoms with Gasteiger partial charge in [-0.1, -0.05) is 31.2 Å². The van der Waals surface area contributed by atoms with E-state index in [0.29, 0.717) is 5.92 Å². The molecule has 5 nitrogen and oxygen atoms in total. The van der Waals surface area contributed by atoms with Gasteiger partial charge in [-0.2, -0.15) is 0 Å². The van der Waals surface area contributed by atoms with Crippen molar-refractivity contribution in [3.05, 3.63) is 42.0 Å². The molecule has 5 heteroatoms. The molecule has 1 heterocycles. The Bertz CT molecular complexity index is 782. The summed E-state index contributed by atoms with van der Waals surface area (Å²) in [5, 5.41) is 5.43. The van der Waals surface area contributed by atoms with Gasteiger partial charge in [0.05, 0.1) is 7.11 Å². The van der Waals surface area contributed by atoms with E-state index in [2.05, 4.69) is 47.5 Å². The number of carbonyl (C=O) groups excluding carboxylic acids is 1. The van der Waals surface area contributed by atoms with Gasteiger partial charge in [-0.25, -0.2) is 4.79 Å². The second-order valence-electron chi connectivity index (χ2n) is 7.77. The van der Waals surface area contributed by atoms with Crippen LogP contribution in [0.25, 0.3) is 10.8 Å². The number of amides is 2. The first-order valence-corrected chi connectivity index (χ1v) is 9.81. The molecule has 1 saturated heterocycles. The summed E-state index contributed by atoms with van der Waals surface area (Å²) in [4.78, 5) is 16.5. The Hall–Kier alpha value is -2.27. The molecule has 0 aliphatic carbocycles. The van der Waals surface area contributed by atoms with E-state index in [-0.39, 0.29) is 12.1 Å². The van der Waals surface area contributed by atoms with Gasteiger partial charge in [0.15, 0.2) is 0 Å². The quantitative estimate of drug-likeness (QED) is 0.874. The number of rotatable bonds is 5. The fraction of sp³-hybridized carbons (Fsp3) is 0.500. The highest BCUT2D eigenvalue weighted by Gasteiger charge is 2.22. The third-order valence-corrected chi connectivity index (χ3v) is 5.24. The van der Waals surface area contributed by atoms with Crippen LogP contribution in [0.1, 0.15) is 32.3 Å². The molecule has 1 aliphatic heterocycles. The molecule has 146 valence electrons. The van der Waals surface area contributed by atoms with Crippen LogP contribution in [0.15, 0.2) is 36.4 Å². The lowest BCUT2D eigenvalue weighted by molar-refractivity contribution is 0.134. The number of nitrogens with zero attached hydrogens (tertiary/aromatic N) is 2. The molecule has 3 rings (SSSR count). The van der Waals surface area contributed by atoms with Crippen molar-refractivity contribution in [2.24, 2.45) is 0 Å². The van der Waals surface area contributed by atoms with Gasteiger partial charge in [0.25, 0.3) is 0 Å². The molecule has 0 bridgehead atoms. The van der Waals surface area contributed by atoms with Crippen LogP contribution in [-0.4, -0.2) is 61.7 Å². The van der Waals surface area contributed by atoms with Gasteiger partial charge in [-0.15, -0.1) is 0 Å². The van der Waals surface area contributed by atoms with Crippen molar-refractivity contribution in [3.63, 3.8) is 0 Å². The van der Waals surface area contributed by atoms with Crippen LogP contribution in [-0.2, 0) is 0 Å². The third-order valence-electron chi connectivity index (χ3n) is 5.24. The first-order valence-electron chi connectivity index (χ1n) is 9.81. The first kappa shape index (κ1) is 19.5. The predicted octanol–water partition coefficient (Wildman–Crippen LogP) is 3.69. The van der Waals surface area contributed by atoms with Crippen LogP contribution in [0.2, 0.25) is 0 Å². The van der Waals surface area contributed by atoms with Crippen molar-refractivity contribution < 1.29 is 9.53 Å². The van der Waals surface area contributed by atoms with Crippen LogP contribution >= 0.6 is 0 Å². The van der Waals surface area contributed by atoms with Gasteiger partial charge in [0.1, 0.15) is 5.75 Å². The first-order chi connectivity index (χ1) is 13.0. The van der Waals surface area contributed by atoms with E-state index in [1.807, 2.05) is 24.8 Å². The minimum Gasteiger partial charge on any atom is -0.497 e. The average Bonchev–Trinajstić information content (AvgIpc) is 2.67. The van der Waals surface area contributed by atoms with Crippen LogP contribution in [0.5, 0.6) is 5.75 Å². The van der Waals surface area contributed by atoms with Crippen molar-refractivity contribution in [2.75, 3.05) is 39.8 Å². The lowest BCUT2D eigenvalue weighted by Crippen LogP contribution is -2.53. The highest BCUT2D eigenvalue weighted by atomic mass is 16.5. The topological polar surface area (TPSA) is 44.8 Å². The molecule has 1 N–H and O–H groups in total. The van der Waals surface area contributed by atoms with E-state index in [1.165, 1.54) is 16.3 Å². The Morgan fingerprint density at radius 1 is 1.04 bits per heavy atom. The highest BCUT2D eigenvalue weighted by molar-refractivity contribution is 5.84. The van der Waals surface area contributed by atoms with E-state index in [0.717, 1.165) is 38.5 Å². The molecule has 2 aromatic carbocycles. The standard InChI is InChI=1S/C22H31N3O2/c1-16(2)23-22(26)25-11-9-24(10-12-25)15-17(3)18-5-6-20-14-21(27-4)8-7-19(20)13-18/h5-8,13-14,16-17H,9-12,15H2,1-4H3,(H,23,26). The van der Waals surface area contributed by atoms with Crippen molar-refractivity contribution in [1.82, 2.24) is 15.1 Å². The number of piperazine rings is 1. The number of ether oxygens (including phenoxy) is 1. The Kier molecular flexibility index (Phi) is 6.22. The SMILES string of the molecule is COc1ccc2cc(C(C)CN3CCN(C(=O)NC(C)C)CC3)ccc2c1. The summed E-state index contributed by atoms with van der Waals surface area (Å²) < 4.78 is 5.31. The predicted molar refractivity (Wildman–Crippen MR) is 111 cm³/mol. The van der Waals surface area contributed by atoms with Crippen LogP contribution in [0, 0.1) is 0 Å². The molecule has 2 aromatic rings. The molecule has 2 amide bonds. The number of fused-ring (bicyclic) bond motifs is 1. The van der Waals surface area contributed by atoms with Crippen molar-refractivity contribution in [1.29, 1.82) is 0 Å². The minimum atomic E-state index is 0.0580. The molecule has 27 heavy (non-hydrogen) atoms. The van der Waals surface area contributed by atoms with E-state index in [1.54, 1.807) is 7.11 Å². The third kappa shape index (κ3) is 4.92. The molecule has 1 unspecified atom stereocenters. The van der Waals surface area contributed by atoms with E-state index < -0.39 is 0 Å². The minimum absolute atomic E-state index is 0.0580. The summed E-state index contributed by atoms with van der Waals surface area (Å²) in [5.41, 5.74) is 1.35. The Labute approximate surface area is 162 Å². The number of methoxy groups -OCH3 is 1. The van der Waals surface area contributed by atoms with Crippen molar-refractivity contribution >= 4 is 16.8 Å². The van der Waals surface area contributed by atoms with E-state index in [9.17, 15) is 4.79 Å². The lowest BCUT2D eigenvalue weighted by atomic mass is 9.97. The van der Waals surface area contributed by atoms with Crippen molar-refractivity contribution in [3.8, 4) is 5.75 Å². The van der Waals surface area contributed by atoms with Gasteiger partial charge in [-0.3, -0.25) is 4.90 Å². The second kappa shape index (κ2) is 8.61. The fourth-order valence-electron chi connectivity index (χ4n) is 3.64. The summed E-state index contributed by atoms with van der Waals surface area (Å²) in [7, 11) is 1.70. The second-order valence-corrected chi connectivity index (χ2v) is 7.77. The maximum Gasteiger partial charge on any atom is 0.317 e. The Morgan fingerprint density at radius 3 is 2.37 bits per heavy atom. The maximum atomic E-state index is 12.1. The van der Waals surface area contributed by atoms with Gasteiger partial charge < -0.3 is 15.0 Å². The summed E-state index contributed by atoms with van der Waals surface area (Å²) in [6.45, 7) is 10.7. The number of benzene rings is 2. The van der Waals surface area contributed by atoms with E-state index in [4.69, 9.17) is 4.74 Å². The zero-order chi connectivity index (χ0) is 19.4. The van der Waals surface area contributed by atoms with Gasteiger partial charge >= 0.3 is 6.03 Å². The lowest BCUT2D eigenvalue weighted by Gasteiger charge is -2.36. The zero-order valence-corrected chi connectivity index (χ0v) is 16.9. The monoisotopic (exact) mass is 369 g/mol. The smallest absolute Gasteiger partial charge is 0.317 e. The summed E-state index contributed by atoms with van der Waals surface area (Å²) in [6, 6.07) is 13.1. The van der Waals surface area contributed by atoms with Gasteiger partial charge in [-0.05, 0) is 48.2 Å². The normalized spacial score (nSPS) is 16.6. The maximum absolute atomic E-state index is 12.1. The summed E-state index contributed by atoms with van der Waals surface area (Å²) in [5.74, 6) is 1.34. The van der Waals surface area contributed by atoms with E-state index >= 15 is 0 Å². The van der Waals surface area contributed by atoms with Crippen LogP contribution in [0.4, 0.5) is 4.79 Å². The van der Waals surface area contributed by atoms with Gasteiger partial charge in [0, 0.05) is 38.8 Å². The summed E-state index contributed by atoms with van der Waals surface area (Å²) >= 11 is 0. The van der Waals surface area contributed by atoms with Crippen LogP contribution < -0.4 is 10.1 Å². The Morgan fingerprint density at radius 2 is 1.70 bits per heavy atom. The van der Waals surface area contributed by atoms with Crippen molar-refractivity contribution in [2.45, 2.75) is 32.7 Å². The van der Waals surface area contributed by atoms with Gasteiger partial charge in [0.2, 0.25) is 0 Å². The number of urea groups is 1. The molecular weight excluding hydrogens is 338 g/mol. The molecular formula is C22H31N3O2. The molecule has 0 spiro atoms. The largest absolute Gasteiger partial charge is 0.497 e. The average molecular weight is 370 g/mol. The number of hydrogen-bond donors (Lipinski definition) is 1. The zero-order valence-electron chi connectivity index (χ0n) is 16.9. The summed E-state index contributed by atoms with van der Waals surface area (Å²) in [6.07, 6.45) is 0. The van der Waals surface area contributed by atoms with Crippen LogP contribution in [0.3, 0.4) is 0 Å². The molecule has 0 aromatic heterocycles. The molecule has 1 atom stereocenters. The number of hydrogen-bond acceptors (Lipinski definition) is 3. The molecule has 1 fully saturated rings. The molecule has 0 saturated carbocycles. The molecule has 1 aliphatic rings. The molecule has 0 radical (unpaired) electrons. The Balaban J connectivity index is 1.57.